The fourth-order valence-electron chi connectivity index (χ4n) is 7.94. The Kier molecular flexibility index (Phi) is 13.5. The van der Waals surface area contributed by atoms with Gasteiger partial charge in [-0.2, -0.15) is 0 Å². The average molecular weight is 816 g/mol. The van der Waals surface area contributed by atoms with Gasteiger partial charge in [-0.05, 0) is 63.4 Å². The van der Waals surface area contributed by atoms with E-state index in [4.69, 9.17) is 0 Å². The molecule has 0 saturated carbocycles. The molecular weight excluding hydrogens is 767 g/mol. The van der Waals surface area contributed by atoms with Crippen molar-refractivity contribution in [1.82, 2.24) is 35.6 Å². The van der Waals surface area contributed by atoms with Crippen LogP contribution in [-0.4, -0.2) is 137 Å². The summed E-state index contributed by atoms with van der Waals surface area (Å²) in [6, 6.07) is 4.07. The summed E-state index contributed by atoms with van der Waals surface area (Å²) in [4.78, 5) is 93.5. The number of amides is 6. The molecule has 4 aliphatic rings. The van der Waals surface area contributed by atoms with E-state index in [0.29, 0.717) is 56.5 Å². The van der Waals surface area contributed by atoms with Crippen LogP contribution in [0.15, 0.2) is 35.7 Å². The predicted octanol–water partition coefficient (Wildman–Crippen LogP) is 0.650. The Morgan fingerprint density at radius 1 is 0.673 bits per heavy atom. The zero-order valence-corrected chi connectivity index (χ0v) is 33.6. The minimum Gasteiger partial charge on any atom is -0.345 e. The number of carbonyl (C=O) groups excluding carboxylic acids is 6. The Morgan fingerprint density at radius 3 is 1.73 bits per heavy atom. The van der Waals surface area contributed by atoms with Crippen LogP contribution in [0.4, 0.5) is 0 Å². The molecular formula is C37H49N7O8S3. The van der Waals surface area contributed by atoms with Gasteiger partial charge in [0.2, 0.25) is 29.5 Å². The van der Waals surface area contributed by atoms with Gasteiger partial charge < -0.3 is 30.7 Å². The Balaban J connectivity index is 1.37. The third-order valence-electron chi connectivity index (χ3n) is 10.8. The first-order chi connectivity index (χ1) is 26.4. The van der Waals surface area contributed by atoms with Crippen molar-refractivity contribution in [3.05, 3.63) is 52.0 Å². The molecule has 55 heavy (non-hydrogen) atoms. The SMILES string of the molecule is CS(=O)CC[C@@H]1NC(=O)c2csc(n2)C(Cc2ccccc2)NC(=O)[C@@H]2CCCN2C(=O)[C@@H]2CCCN2C(=O)[C@H](CCS(C)=O)NC(=O)[C@@H]2CCCN2C1=O. The van der Waals surface area contributed by atoms with E-state index in [0.717, 1.165) is 5.56 Å². The van der Waals surface area contributed by atoms with E-state index in [9.17, 15) is 37.2 Å². The first-order valence-corrected chi connectivity index (χ1v) is 23.2. The second-order valence-electron chi connectivity index (χ2n) is 14.6. The van der Waals surface area contributed by atoms with Gasteiger partial charge in [0.1, 0.15) is 40.9 Å². The van der Waals surface area contributed by atoms with Crippen molar-refractivity contribution in [2.24, 2.45) is 0 Å². The third-order valence-corrected chi connectivity index (χ3v) is 13.3. The quantitative estimate of drug-likeness (QED) is 0.343. The molecule has 3 fully saturated rings. The highest BCUT2D eigenvalue weighted by molar-refractivity contribution is 7.84. The van der Waals surface area contributed by atoms with Gasteiger partial charge in [0, 0.05) is 70.6 Å². The summed E-state index contributed by atoms with van der Waals surface area (Å²) in [5.74, 6) is -2.66. The number of aromatic nitrogens is 1. The maximum Gasteiger partial charge on any atom is 0.271 e. The molecule has 4 aliphatic heterocycles. The van der Waals surface area contributed by atoms with Gasteiger partial charge in [-0.15, -0.1) is 11.3 Å². The average Bonchev–Trinajstić information content (AvgIpc) is 4.00. The van der Waals surface area contributed by atoms with Crippen LogP contribution in [-0.2, 0) is 52.0 Å². The lowest BCUT2D eigenvalue weighted by atomic mass is 10.1. The number of thiazole rings is 1. The van der Waals surface area contributed by atoms with E-state index >= 15 is 0 Å². The van der Waals surface area contributed by atoms with E-state index in [-0.39, 0.29) is 54.9 Å². The topological polar surface area (TPSA) is 195 Å². The lowest BCUT2D eigenvalue weighted by Gasteiger charge is -2.34. The Bertz CT molecular complexity index is 1830. The largest absolute Gasteiger partial charge is 0.345 e. The molecule has 0 spiro atoms. The molecule has 5 heterocycles. The molecule has 3 saturated heterocycles. The predicted molar refractivity (Wildman–Crippen MR) is 208 cm³/mol. The zero-order chi connectivity index (χ0) is 39.2. The molecule has 298 valence electrons. The first-order valence-electron chi connectivity index (χ1n) is 18.8. The van der Waals surface area contributed by atoms with Crippen LogP contribution in [0.25, 0.3) is 0 Å². The second kappa shape index (κ2) is 18.3. The van der Waals surface area contributed by atoms with Crippen molar-refractivity contribution >= 4 is 68.4 Å². The Hall–Kier alpha value is -4.03. The van der Waals surface area contributed by atoms with Gasteiger partial charge in [0.15, 0.2) is 0 Å². The number of rotatable bonds is 8. The second-order valence-corrected chi connectivity index (χ2v) is 18.6. The van der Waals surface area contributed by atoms with Crippen LogP contribution < -0.4 is 16.0 Å². The minimum absolute atomic E-state index is 0.0398. The van der Waals surface area contributed by atoms with Crippen molar-refractivity contribution in [2.45, 2.75) is 94.0 Å². The third kappa shape index (κ3) is 9.68. The monoisotopic (exact) mass is 815 g/mol. The molecule has 0 aliphatic carbocycles. The molecule has 3 N–H and O–H groups in total. The lowest BCUT2D eigenvalue weighted by molar-refractivity contribution is -0.148. The first kappa shape index (κ1) is 40.6. The molecule has 15 nitrogen and oxygen atoms in total. The molecule has 8 atom stereocenters. The summed E-state index contributed by atoms with van der Waals surface area (Å²) < 4.78 is 24.4. The summed E-state index contributed by atoms with van der Waals surface area (Å²) in [6.07, 6.45) is 6.27. The highest BCUT2D eigenvalue weighted by Crippen LogP contribution is 2.29. The summed E-state index contributed by atoms with van der Waals surface area (Å²) in [5, 5.41) is 10.7. The van der Waals surface area contributed by atoms with E-state index in [1.807, 2.05) is 30.3 Å². The van der Waals surface area contributed by atoms with Crippen LogP contribution >= 0.6 is 11.3 Å². The van der Waals surface area contributed by atoms with Gasteiger partial charge in [0.25, 0.3) is 5.91 Å². The van der Waals surface area contributed by atoms with E-state index in [1.54, 1.807) is 10.3 Å². The standard InChI is InChI=1S/C37H49N7O8S3/c1-54(51)19-14-24-35(48)42-16-6-11-28(42)32(46)39-25(15-20-55(2)52)36(49)44-18-8-13-30(44)37(50)43-17-7-12-29(43)33(47)40-26(21-23-9-4-3-5-10-23)34-41-27(22-53-34)31(45)38-24/h3-5,9-10,22,24-26,28-30H,6-8,11-21H2,1-2H3,(H,38,45)(H,39,46)(H,40,47)/t24-,25-,26?,28-,29-,30-,54?,55?/m0/s1. The van der Waals surface area contributed by atoms with Gasteiger partial charge in [-0.25, -0.2) is 4.98 Å². The fraction of sp³-hybridized carbons (Fsp3) is 0.595. The van der Waals surface area contributed by atoms with E-state index < -0.39 is 81.5 Å². The zero-order valence-electron chi connectivity index (χ0n) is 31.1. The van der Waals surface area contributed by atoms with E-state index in [1.165, 1.54) is 33.6 Å². The van der Waals surface area contributed by atoms with Crippen molar-refractivity contribution in [1.29, 1.82) is 0 Å². The molecule has 1 aromatic heterocycles. The maximum absolute atomic E-state index is 14.3. The molecule has 2 aromatic rings. The lowest BCUT2D eigenvalue weighted by Crippen LogP contribution is -2.58. The van der Waals surface area contributed by atoms with Gasteiger partial charge in [-0.3, -0.25) is 37.2 Å². The number of nitrogens with one attached hydrogen (secondary N) is 3. The smallest absolute Gasteiger partial charge is 0.271 e. The number of fused-ring (bicyclic) bond motifs is 5. The summed E-state index contributed by atoms with van der Waals surface area (Å²) in [6.45, 7) is 0.854. The van der Waals surface area contributed by atoms with Gasteiger partial charge in [-0.1, -0.05) is 30.3 Å². The van der Waals surface area contributed by atoms with Gasteiger partial charge >= 0.3 is 0 Å². The molecule has 2 bridgehead atoms. The van der Waals surface area contributed by atoms with Crippen LogP contribution in [0.3, 0.4) is 0 Å². The highest BCUT2D eigenvalue weighted by atomic mass is 32.2. The van der Waals surface area contributed by atoms with Crippen LogP contribution in [0, 0.1) is 0 Å². The van der Waals surface area contributed by atoms with Crippen molar-refractivity contribution < 1.29 is 37.2 Å². The molecule has 6 amide bonds. The van der Waals surface area contributed by atoms with Gasteiger partial charge in [0.05, 0.1) is 6.04 Å². The molecule has 1 aromatic carbocycles. The van der Waals surface area contributed by atoms with Crippen LogP contribution in [0.5, 0.6) is 0 Å². The van der Waals surface area contributed by atoms with E-state index in [2.05, 4.69) is 20.9 Å². The van der Waals surface area contributed by atoms with Crippen LogP contribution in [0.2, 0.25) is 0 Å². The highest BCUT2D eigenvalue weighted by Gasteiger charge is 2.45. The number of hydrogen-bond acceptors (Lipinski definition) is 10. The molecule has 6 rings (SSSR count). The summed E-state index contributed by atoms with van der Waals surface area (Å²) in [5.41, 5.74) is 0.958. The number of carbonyl (C=O) groups is 6. The van der Waals surface area contributed by atoms with Crippen molar-refractivity contribution in [3.63, 3.8) is 0 Å². The summed E-state index contributed by atoms with van der Waals surface area (Å²) >= 11 is 1.19. The number of benzene rings is 1. The fourth-order valence-corrected chi connectivity index (χ4v) is 9.92. The number of nitrogens with zero attached hydrogens (tertiary/aromatic N) is 4. The minimum atomic E-state index is -1.28. The van der Waals surface area contributed by atoms with Crippen molar-refractivity contribution in [3.8, 4) is 0 Å². The Labute approximate surface area is 329 Å². The number of hydrogen-bond donors (Lipinski definition) is 3. The Morgan fingerprint density at radius 2 is 1.16 bits per heavy atom. The summed E-state index contributed by atoms with van der Waals surface area (Å²) in [7, 11) is -2.57. The van der Waals surface area contributed by atoms with Crippen molar-refractivity contribution in [2.75, 3.05) is 43.7 Å². The van der Waals surface area contributed by atoms with Crippen LogP contribution in [0.1, 0.15) is 78.5 Å². The molecule has 0 radical (unpaired) electrons. The molecule has 18 heteroatoms. The normalized spacial score (nSPS) is 28.1. The maximum atomic E-state index is 14.3. The molecule has 3 unspecified atom stereocenters.